The Balaban J connectivity index is 1.53. The number of fused-ring (bicyclic) bond motifs is 2. The van der Waals surface area contributed by atoms with E-state index in [1.807, 2.05) is 33.0 Å². The summed E-state index contributed by atoms with van der Waals surface area (Å²) < 4.78 is 5.98. The number of hydrogen-bond donors (Lipinski definition) is 0. The predicted octanol–water partition coefficient (Wildman–Crippen LogP) is 4.48. The first-order valence-corrected chi connectivity index (χ1v) is 10.8. The van der Waals surface area contributed by atoms with E-state index in [0.717, 1.165) is 56.8 Å². The van der Waals surface area contributed by atoms with Crippen molar-refractivity contribution in [1.82, 2.24) is 9.80 Å². The lowest BCUT2D eigenvalue weighted by molar-refractivity contribution is 0.0753. The van der Waals surface area contributed by atoms with Crippen LogP contribution in [0.5, 0.6) is 5.75 Å². The Morgan fingerprint density at radius 1 is 1.10 bits per heavy atom. The molecule has 4 heteroatoms. The van der Waals surface area contributed by atoms with Gasteiger partial charge in [0.25, 0.3) is 5.91 Å². The van der Waals surface area contributed by atoms with Crippen LogP contribution in [-0.2, 0) is 12.0 Å². The summed E-state index contributed by atoms with van der Waals surface area (Å²) in [5.74, 6) is 1.06. The fourth-order valence-corrected chi connectivity index (χ4v) is 4.63. The van der Waals surface area contributed by atoms with Crippen molar-refractivity contribution in [2.24, 2.45) is 0 Å². The number of likely N-dealkylation sites (tertiary alicyclic amines) is 1. The van der Waals surface area contributed by atoms with Gasteiger partial charge in [0, 0.05) is 36.2 Å². The molecule has 2 aromatic carbocycles. The molecule has 1 amide bonds. The van der Waals surface area contributed by atoms with Crippen LogP contribution in [0.15, 0.2) is 48.5 Å². The van der Waals surface area contributed by atoms with Crippen LogP contribution in [0.1, 0.15) is 54.6 Å². The van der Waals surface area contributed by atoms with E-state index in [-0.39, 0.29) is 17.4 Å². The number of benzene rings is 2. The standard InChI is InChI=1S/C25H32N2O2/c1-19(2)26(3)24(28)21-9-10-23-22(17-21)25(13-16-29-23)11-14-27(15-12-25)18-20-7-5-4-6-8-20/h4-10,17,19H,11-16,18H2,1-3H3. The van der Waals surface area contributed by atoms with Crippen LogP contribution < -0.4 is 4.74 Å². The first-order chi connectivity index (χ1) is 14.0. The summed E-state index contributed by atoms with van der Waals surface area (Å²) in [4.78, 5) is 17.2. The van der Waals surface area contributed by atoms with Crippen LogP contribution in [0, 0.1) is 0 Å². The number of amides is 1. The number of ether oxygens (including phenoxy) is 1. The minimum atomic E-state index is 0.0880. The number of carbonyl (C=O) groups is 1. The van der Waals surface area contributed by atoms with Crippen molar-refractivity contribution in [2.75, 3.05) is 26.7 Å². The van der Waals surface area contributed by atoms with Gasteiger partial charge in [-0.05, 0) is 70.0 Å². The molecule has 2 aromatic rings. The Kier molecular flexibility index (Phi) is 5.64. The molecular formula is C25H32N2O2. The average Bonchev–Trinajstić information content (AvgIpc) is 2.75. The van der Waals surface area contributed by atoms with Crippen LogP contribution >= 0.6 is 0 Å². The van der Waals surface area contributed by atoms with Gasteiger partial charge in [0.05, 0.1) is 6.61 Å². The molecule has 2 aliphatic rings. The molecule has 4 rings (SSSR count). The van der Waals surface area contributed by atoms with Gasteiger partial charge >= 0.3 is 0 Å². The van der Waals surface area contributed by atoms with Gasteiger partial charge in [-0.3, -0.25) is 9.69 Å². The number of nitrogens with zero attached hydrogens (tertiary/aromatic N) is 2. The van der Waals surface area contributed by atoms with E-state index < -0.39 is 0 Å². The Labute approximate surface area is 174 Å². The Bertz CT molecular complexity index is 854. The largest absolute Gasteiger partial charge is 0.493 e. The molecule has 0 bridgehead atoms. The minimum Gasteiger partial charge on any atom is -0.493 e. The quantitative estimate of drug-likeness (QED) is 0.769. The molecule has 0 radical (unpaired) electrons. The van der Waals surface area contributed by atoms with Gasteiger partial charge in [0.15, 0.2) is 0 Å². The third kappa shape index (κ3) is 4.04. The Hall–Kier alpha value is -2.33. The van der Waals surface area contributed by atoms with Gasteiger partial charge in [0.1, 0.15) is 5.75 Å². The highest BCUT2D eigenvalue weighted by Gasteiger charge is 2.40. The van der Waals surface area contributed by atoms with Crippen LogP contribution in [0.3, 0.4) is 0 Å². The first-order valence-electron chi connectivity index (χ1n) is 10.8. The monoisotopic (exact) mass is 392 g/mol. The van der Waals surface area contributed by atoms with Crippen molar-refractivity contribution < 1.29 is 9.53 Å². The lowest BCUT2D eigenvalue weighted by Crippen LogP contribution is -2.45. The van der Waals surface area contributed by atoms with E-state index in [2.05, 4.69) is 41.3 Å². The smallest absolute Gasteiger partial charge is 0.253 e. The zero-order valence-electron chi connectivity index (χ0n) is 17.9. The van der Waals surface area contributed by atoms with Crippen LogP contribution in [0.4, 0.5) is 0 Å². The van der Waals surface area contributed by atoms with Gasteiger partial charge in [-0.15, -0.1) is 0 Å². The average molecular weight is 393 g/mol. The van der Waals surface area contributed by atoms with Gasteiger partial charge < -0.3 is 9.64 Å². The zero-order chi connectivity index (χ0) is 20.4. The molecule has 1 saturated heterocycles. The number of carbonyl (C=O) groups excluding carboxylic acids is 1. The maximum absolute atomic E-state index is 12.9. The minimum absolute atomic E-state index is 0.0880. The van der Waals surface area contributed by atoms with E-state index in [1.165, 1.54) is 11.1 Å². The summed E-state index contributed by atoms with van der Waals surface area (Å²) in [6, 6.07) is 16.9. The molecule has 1 spiro atoms. The normalized spacial score (nSPS) is 18.3. The molecule has 29 heavy (non-hydrogen) atoms. The summed E-state index contributed by atoms with van der Waals surface area (Å²) in [5, 5.41) is 0. The highest BCUT2D eigenvalue weighted by molar-refractivity contribution is 5.94. The second kappa shape index (κ2) is 8.19. The van der Waals surface area contributed by atoms with E-state index in [0.29, 0.717) is 0 Å². The Morgan fingerprint density at radius 3 is 2.52 bits per heavy atom. The summed E-state index contributed by atoms with van der Waals surface area (Å²) in [5.41, 5.74) is 3.52. The molecular weight excluding hydrogens is 360 g/mol. The van der Waals surface area contributed by atoms with Crippen molar-refractivity contribution in [1.29, 1.82) is 0 Å². The zero-order valence-corrected chi connectivity index (χ0v) is 17.9. The van der Waals surface area contributed by atoms with E-state index >= 15 is 0 Å². The summed E-state index contributed by atoms with van der Waals surface area (Å²) >= 11 is 0. The van der Waals surface area contributed by atoms with Crippen LogP contribution in [0.25, 0.3) is 0 Å². The fraction of sp³-hybridized carbons (Fsp3) is 0.480. The molecule has 154 valence electrons. The molecule has 0 atom stereocenters. The third-order valence-electron chi connectivity index (χ3n) is 6.79. The highest BCUT2D eigenvalue weighted by Crippen LogP contribution is 2.46. The first kappa shape index (κ1) is 20.0. The van der Waals surface area contributed by atoms with Crippen molar-refractivity contribution in [3.05, 3.63) is 65.2 Å². The van der Waals surface area contributed by atoms with Gasteiger partial charge in [-0.2, -0.15) is 0 Å². The van der Waals surface area contributed by atoms with Crippen LogP contribution in [-0.4, -0.2) is 48.5 Å². The number of hydrogen-bond acceptors (Lipinski definition) is 3. The van der Waals surface area contributed by atoms with Gasteiger partial charge in [-0.25, -0.2) is 0 Å². The molecule has 1 fully saturated rings. The Morgan fingerprint density at radius 2 is 1.83 bits per heavy atom. The molecule has 0 aromatic heterocycles. The highest BCUT2D eigenvalue weighted by atomic mass is 16.5. The van der Waals surface area contributed by atoms with Gasteiger partial charge in [0.2, 0.25) is 0 Å². The summed E-state index contributed by atoms with van der Waals surface area (Å²) in [6.07, 6.45) is 3.28. The topological polar surface area (TPSA) is 32.8 Å². The van der Waals surface area contributed by atoms with E-state index in [1.54, 1.807) is 4.90 Å². The fourth-order valence-electron chi connectivity index (χ4n) is 4.63. The lowest BCUT2D eigenvalue weighted by atomic mass is 9.69. The molecule has 0 saturated carbocycles. The second-order valence-corrected chi connectivity index (χ2v) is 8.86. The number of piperidine rings is 1. The van der Waals surface area contributed by atoms with Crippen molar-refractivity contribution in [2.45, 2.75) is 51.1 Å². The molecule has 2 aliphatic heterocycles. The maximum atomic E-state index is 12.9. The van der Waals surface area contributed by atoms with Crippen LogP contribution in [0.2, 0.25) is 0 Å². The summed E-state index contributed by atoms with van der Waals surface area (Å²) in [7, 11) is 1.88. The molecule has 4 nitrogen and oxygen atoms in total. The van der Waals surface area contributed by atoms with Crippen molar-refractivity contribution >= 4 is 5.91 Å². The predicted molar refractivity (Wildman–Crippen MR) is 116 cm³/mol. The SMILES string of the molecule is CC(C)N(C)C(=O)c1ccc2c(c1)C1(CCO2)CCN(Cc2ccccc2)CC1. The molecule has 2 heterocycles. The second-order valence-electron chi connectivity index (χ2n) is 8.86. The maximum Gasteiger partial charge on any atom is 0.253 e. The molecule has 0 unspecified atom stereocenters. The van der Waals surface area contributed by atoms with E-state index in [4.69, 9.17) is 4.74 Å². The number of rotatable bonds is 4. The third-order valence-corrected chi connectivity index (χ3v) is 6.79. The summed E-state index contributed by atoms with van der Waals surface area (Å²) in [6.45, 7) is 8.03. The van der Waals surface area contributed by atoms with Crippen molar-refractivity contribution in [3.63, 3.8) is 0 Å². The lowest BCUT2D eigenvalue weighted by Gasteiger charge is -2.45. The molecule has 0 aliphatic carbocycles. The van der Waals surface area contributed by atoms with E-state index in [9.17, 15) is 4.79 Å². The molecule has 0 N–H and O–H groups in total. The van der Waals surface area contributed by atoms with Gasteiger partial charge in [-0.1, -0.05) is 30.3 Å². The van der Waals surface area contributed by atoms with Crippen molar-refractivity contribution in [3.8, 4) is 5.75 Å².